The molecule has 0 unspecified atom stereocenters. The number of hydrogen-bond donors (Lipinski definition) is 0. The van der Waals surface area contributed by atoms with E-state index in [4.69, 9.17) is 5.26 Å². The van der Waals surface area contributed by atoms with E-state index >= 15 is 0 Å². The standard InChI is InChI=1S/C25H33F2N/c1-2-3-4-18-5-7-19(8-6-18)9-10-20-11-13-21(14-12-20)22-15-24(26)23(17-28)25(27)16-22/h2,15-16,18-21H,1,3-14H2. The van der Waals surface area contributed by atoms with Crippen LogP contribution in [0.4, 0.5) is 8.78 Å². The molecule has 0 amide bonds. The molecule has 2 fully saturated rings. The summed E-state index contributed by atoms with van der Waals surface area (Å²) in [4.78, 5) is 0. The van der Waals surface area contributed by atoms with Gasteiger partial charge < -0.3 is 0 Å². The van der Waals surface area contributed by atoms with Gasteiger partial charge in [-0.25, -0.2) is 8.78 Å². The monoisotopic (exact) mass is 385 g/mol. The molecule has 28 heavy (non-hydrogen) atoms. The maximum absolute atomic E-state index is 13.9. The van der Waals surface area contributed by atoms with E-state index in [-0.39, 0.29) is 5.92 Å². The molecule has 2 saturated carbocycles. The highest BCUT2D eigenvalue weighted by atomic mass is 19.1. The van der Waals surface area contributed by atoms with Crippen molar-refractivity contribution in [2.75, 3.05) is 0 Å². The summed E-state index contributed by atoms with van der Waals surface area (Å²) >= 11 is 0. The van der Waals surface area contributed by atoms with Crippen molar-refractivity contribution in [2.45, 2.75) is 83.0 Å². The summed E-state index contributed by atoms with van der Waals surface area (Å²) in [5.74, 6) is 1.38. The first kappa shape index (κ1) is 21.0. The van der Waals surface area contributed by atoms with Gasteiger partial charge in [0, 0.05) is 0 Å². The zero-order valence-corrected chi connectivity index (χ0v) is 16.9. The molecular weight excluding hydrogens is 352 g/mol. The summed E-state index contributed by atoms with van der Waals surface area (Å²) in [6.45, 7) is 3.83. The van der Waals surface area contributed by atoms with E-state index in [1.165, 1.54) is 57.1 Å². The van der Waals surface area contributed by atoms with E-state index in [1.54, 1.807) is 6.07 Å². The zero-order valence-electron chi connectivity index (χ0n) is 16.9. The average molecular weight is 386 g/mol. The average Bonchev–Trinajstić information content (AvgIpc) is 2.71. The Hall–Kier alpha value is -1.69. The van der Waals surface area contributed by atoms with Gasteiger partial charge in [0.25, 0.3) is 0 Å². The molecule has 0 aromatic heterocycles. The van der Waals surface area contributed by atoms with E-state index in [2.05, 4.69) is 6.58 Å². The van der Waals surface area contributed by atoms with Gasteiger partial charge in [-0.05, 0) is 79.9 Å². The van der Waals surface area contributed by atoms with E-state index < -0.39 is 17.2 Å². The summed E-state index contributed by atoms with van der Waals surface area (Å²) in [7, 11) is 0. The Balaban J connectivity index is 1.40. The molecule has 1 nitrogen and oxygen atoms in total. The fraction of sp³-hybridized carbons (Fsp3) is 0.640. The number of benzene rings is 1. The van der Waals surface area contributed by atoms with Crippen LogP contribution in [-0.2, 0) is 0 Å². The minimum absolute atomic E-state index is 0.230. The van der Waals surface area contributed by atoms with E-state index in [0.29, 0.717) is 0 Å². The highest BCUT2D eigenvalue weighted by Crippen LogP contribution is 2.40. The van der Waals surface area contributed by atoms with Gasteiger partial charge in [0.05, 0.1) is 0 Å². The Morgan fingerprint density at radius 3 is 1.79 bits per heavy atom. The summed E-state index contributed by atoms with van der Waals surface area (Å²) in [6, 6.07) is 4.35. The van der Waals surface area contributed by atoms with Crippen LogP contribution in [0.15, 0.2) is 24.8 Å². The van der Waals surface area contributed by atoms with Crippen LogP contribution in [0.3, 0.4) is 0 Å². The van der Waals surface area contributed by atoms with Gasteiger partial charge in [0.1, 0.15) is 23.3 Å². The number of nitriles is 1. The Morgan fingerprint density at radius 1 is 0.857 bits per heavy atom. The number of allylic oxidation sites excluding steroid dienone is 1. The zero-order chi connectivity index (χ0) is 19.9. The van der Waals surface area contributed by atoms with Crippen molar-refractivity contribution in [2.24, 2.45) is 17.8 Å². The Kier molecular flexibility index (Phi) is 7.65. The minimum Gasteiger partial charge on any atom is -0.205 e. The molecule has 152 valence electrons. The molecule has 0 atom stereocenters. The van der Waals surface area contributed by atoms with Gasteiger partial charge in [-0.2, -0.15) is 5.26 Å². The third-order valence-electron chi connectivity index (χ3n) is 7.22. The smallest absolute Gasteiger partial charge is 0.144 e. The maximum atomic E-state index is 13.9. The molecule has 0 radical (unpaired) electrons. The van der Waals surface area contributed by atoms with Crippen molar-refractivity contribution in [3.8, 4) is 6.07 Å². The largest absolute Gasteiger partial charge is 0.205 e. The normalized spacial score (nSPS) is 27.9. The molecule has 3 heteroatoms. The third-order valence-corrected chi connectivity index (χ3v) is 7.22. The summed E-state index contributed by atoms with van der Waals surface area (Å²) in [6.07, 6.45) is 17.1. The Labute approximate surface area is 168 Å². The summed E-state index contributed by atoms with van der Waals surface area (Å²) < 4.78 is 27.8. The highest BCUT2D eigenvalue weighted by Gasteiger charge is 2.26. The first-order chi connectivity index (χ1) is 13.6. The number of halogens is 2. The van der Waals surface area contributed by atoms with Gasteiger partial charge in [-0.3, -0.25) is 0 Å². The molecule has 0 bridgehead atoms. The van der Waals surface area contributed by atoms with Gasteiger partial charge in [0.2, 0.25) is 0 Å². The van der Waals surface area contributed by atoms with Gasteiger partial charge in [0.15, 0.2) is 0 Å². The van der Waals surface area contributed by atoms with Crippen molar-refractivity contribution in [3.63, 3.8) is 0 Å². The van der Waals surface area contributed by atoms with Crippen LogP contribution in [0.25, 0.3) is 0 Å². The summed E-state index contributed by atoms with van der Waals surface area (Å²) in [5.41, 5.74) is 0.266. The number of rotatable bonds is 7. The molecule has 0 saturated heterocycles. The minimum atomic E-state index is -0.719. The predicted octanol–water partition coefficient (Wildman–Crippen LogP) is 7.66. The van der Waals surface area contributed by atoms with Gasteiger partial charge >= 0.3 is 0 Å². The molecule has 0 heterocycles. The van der Waals surface area contributed by atoms with Crippen molar-refractivity contribution >= 4 is 0 Å². The molecule has 2 aliphatic rings. The lowest BCUT2D eigenvalue weighted by atomic mass is 9.74. The Bertz CT molecular complexity index is 666. The second kappa shape index (κ2) is 10.2. The molecular formula is C25H33F2N. The lowest BCUT2D eigenvalue weighted by Gasteiger charge is -2.32. The van der Waals surface area contributed by atoms with Crippen molar-refractivity contribution in [1.82, 2.24) is 0 Å². The highest BCUT2D eigenvalue weighted by molar-refractivity contribution is 5.36. The maximum Gasteiger partial charge on any atom is 0.144 e. The van der Waals surface area contributed by atoms with Crippen molar-refractivity contribution in [3.05, 3.63) is 47.5 Å². The first-order valence-electron chi connectivity index (χ1n) is 11.1. The second-order valence-electron chi connectivity index (χ2n) is 9.02. The molecule has 2 aliphatic carbocycles. The lowest BCUT2D eigenvalue weighted by Crippen LogP contribution is -2.18. The van der Waals surface area contributed by atoms with Crippen LogP contribution < -0.4 is 0 Å². The van der Waals surface area contributed by atoms with Crippen LogP contribution in [-0.4, -0.2) is 0 Å². The molecule has 0 spiro atoms. The predicted molar refractivity (Wildman–Crippen MR) is 110 cm³/mol. The van der Waals surface area contributed by atoms with E-state index in [1.807, 2.05) is 6.08 Å². The molecule has 1 aromatic rings. The van der Waals surface area contributed by atoms with E-state index in [9.17, 15) is 8.78 Å². The molecule has 0 aliphatic heterocycles. The third kappa shape index (κ3) is 5.43. The lowest BCUT2D eigenvalue weighted by molar-refractivity contribution is 0.225. The molecule has 0 N–H and O–H groups in total. The number of nitrogens with zero attached hydrogens (tertiary/aromatic N) is 1. The fourth-order valence-electron chi connectivity index (χ4n) is 5.35. The topological polar surface area (TPSA) is 23.8 Å². The van der Waals surface area contributed by atoms with Crippen molar-refractivity contribution < 1.29 is 8.78 Å². The first-order valence-corrected chi connectivity index (χ1v) is 11.1. The number of hydrogen-bond acceptors (Lipinski definition) is 1. The Morgan fingerprint density at radius 2 is 1.32 bits per heavy atom. The van der Waals surface area contributed by atoms with Crippen molar-refractivity contribution in [1.29, 1.82) is 5.26 Å². The van der Waals surface area contributed by atoms with Crippen LogP contribution in [0.1, 0.15) is 94.1 Å². The van der Waals surface area contributed by atoms with Gasteiger partial charge in [-0.15, -0.1) is 6.58 Å². The van der Waals surface area contributed by atoms with Crippen LogP contribution in [0.2, 0.25) is 0 Å². The van der Waals surface area contributed by atoms with Crippen LogP contribution in [0, 0.1) is 40.7 Å². The fourth-order valence-corrected chi connectivity index (χ4v) is 5.35. The van der Waals surface area contributed by atoms with Crippen LogP contribution in [0.5, 0.6) is 0 Å². The van der Waals surface area contributed by atoms with Crippen LogP contribution >= 0.6 is 0 Å². The quantitative estimate of drug-likeness (QED) is 0.442. The van der Waals surface area contributed by atoms with Gasteiger partial charge in [-0.1, -0.05) is 44.6 Å². The SMILES string of the molecule is C=CCCC1CCC(CCC2CCC(c3cc(F)c(C#N)c(F)c3)CC2)CC1. The molecule has 1 aromatic carbocycles. The second-order valence-corrected chi connectivity index (χ2v) is 9.02. The molecule has 3 rings (SSSR count). The van der Waals surface area contributed by atoms with E-state index in [0.717, 1.165) is 55.4 Å². The summed E-state index contributed by atoms with van der Waals surface area (Å²) in [5, 5.41) is 8.82.